The molecule has 0 spiro atoms. The Morgan fingerprint density at radius 2 is 1.00 bits per heavy atom. The molecule has 0 saturated carbocycles. The minimum Gasteiger partial charge on any atom is -0.278 e. The molecule has 0 heterocycles. The highest BCUT2D eigenvalue weighted by Crippen LogP contribution is 2.19. The molecule has 0 bridgehead atoms. The molecule has 0 aliphatic rings. The fourth-order valence-corrected chi connectivity index (χ4v) is 2.70. The number of amides is 4. The van der Waals surface area contributed by atoms with Gasteiger partial charge in [0, 0.05) is 11.8 Å². The van der Waals surface area contributed by atoms with Gasteiger partial charge in [0.15, 0.2) is 0 Å². The zero-order valence-corrected chi connectivity index (χ0v) is 14.9. The first-order valence-corrected chi connectivity index (χ1v) is 8.47. The molecule has 4 amide bonds. The van der Waals surface area contributed by atoms with E-state index < -0.39 is 6.03 Å². The third kappa shape index (κ3) is 6.16. The summed E-state index contributed by atoms with van der Waals surface area (Å²) in [4.78, 5) is 36.1. The molecule has 4 atom stereocenters. The molecule has 0 aliphatic carbocycles. The molecule has 0 saturated heterocycles. The van der Waals surface area contributed by atoms with Crippen LogP contribution in [-0.4, -0.2) is 17.8 Å². The van der Waals surface area contributed by atoms with Gasteiger partial charge in [-0.15, -0.1) is 0 Å². The zero-order valence-electron chi connectivity index (χ0n) is 14.9. The first-order valence-electron chi connectivity index (χ1n) is 8.47. The summed E-state index contributed by atoms with van der Waals surface area (Å²) in [5.74, 6) is -0.615. The summed E-state index contributed by atoms with van der Waals surface area (Å²) in [7, 11) is 0. The minimum atomic E-state index is -0.710. The number of hydrogen-bond donors (Lipinski definition) is 2. The molecule has 0 radical (unpaired) electrons. The predicted octanol–water partition coefficient (Wildman–Crippen LogP) is 3.48. The maximum absolute atomic E-state index is 12.1. The van der Waals surface area contributed by atoms with Gasteiger partial charge in [-0.1, -0.05) is 54.4 Å². The fraction of sp³-hybridized carbons (Fsp3) is 0.824. The molecule has 0 aromatic rings. The Morgan fingerprint density at radius 1 is 0.682 bits per heavy atom. The van der Waals surface area contributed by atoms with Crippen LogP contribution in [0.15, 0.2) is 0 Å². The van der Waals surface area contributed by atoms with E-state index in [1.807, 2.05) is 41.5 Å². The molecular formula is C17H32N2O3. The van der Waals surface area contributed by atoms with Gasteiger partial charge in [-0.05, 0) is 24.7 Å². The largest absolute Gasteiger partial charge is 0.328 e. The lowest BCUT2D eigenvalue weighted by molar-refractivity contribution is -0.126. The number of hydrogen-bond acceptors (Lipinski definition) is 3. The number of carbonyl (C=O) groups is 3. The van der Waals surface area contributed by atoms with Crippen molar-refractivity contribution in [2.45, 2.75) is 67.2 Å². The highest BCUT2D eigenvalue weighted by Gasteiger charge is 2.27. The van der Waals surface area contributed by atoms with E-state index in [1.54, 1.807) is 0 Å². The summed E-state index contributed by atoms with van der Waals surface area (Å²) in [5.41, 5.74) is 0. The standard InChI is InChI=1S/C17H32N2O3/c1-7-11(5)13(9-3)15(20)18-17(22)19-16(21)14(10-4)12(6)8-2/h11-14H,7-10H2,1-6H3,(H2,18,19,20,21,22)/t11-,12+,13-,14+. The van der Waals surface area contributed by atoms with E-state index in [2.05, 4.69) is 10.6 Å². The van der Waals surface area contributed by atoms with E-state index in [0.717, 1.165) is 12.8 Å². The van der Waals surface area contributed by atoms with E-state index in [0.29, 0.717) is 12.8 Å². The van der Waals surface area contributed by atoms with Crippen LogP contribution >= 0.6 is 0 Å². The van der Waals surface area contributed by atoms with E-state index >= 15 is 0 Å². The van der Waals surface area contributed by atoms with Crippen molar-refractivity contribution >= 4 is 17.8 Å². The lowest BCUT2D eigenvalue weighted by atomic mass is 9.88. The lowest BCUT2D eigenvalue weighted by Gasteiger charge is -2.22. The Kier molecular flexibility index (Phi) is 9.70. The molecule has 0 aromatic carbocycles. The van der Waals surface area contributed by atoms with Crippen LogP contribution in [0.2, 0.25) is 0 Å². The normalized spacial score (nSPS) is 16.3. The second kappa shape index (κ2) is 10.4. The Morgan fingerprint density at radius 3 is 1.23 bits per heavy atom. The van der Waals surface area contributed by atoms with Gasteiger partial charge in [-0.2, -0.15) is 0 Å². The van der Waals surface area contributed by atoms with Gasteiger partial charge in [0.05, 0.1) is 0 Å². The number of rotatable bonds is 8. The average Bonchev–Trinajstić information content (AvgIpc) is 2.47. The van der Waals surface area contributed by atoms with Gasteiger partial charge < -0.3 is 0 Å². The van der Waals surface area contributed by atoms with Crippen molar-refractivity contribution in [3.05, 3.63) is 0 Å². The van der Waals surface area contributed by atoms with Crippen molar-refractivity contribution < 1.29 is 14.4 Å². The van der Waals surface area contributed by atoms with Crippen molar-refractivity contribution in [3.63, 3.8) is 0 Å². The Hall–Kier alpha value is -1.39. The minimum absolute atomic E-state index is 0.206. The number of imide groups is 2. The van der Waals surface area contributed by atoms with E-state index in [4.69, 9.17) is 0 Å². The van der Waals surface area contributed by atoms with Gasteiger partial charge in [-0.3, -0.25) is 20.2 Å². The van der Waals surface area contributed by atoms with Crippen LogP contribution in [0, 0.1) is 23.7 Å². The molecule has 22 heavy (non-hydrogen) atoms. The highest BCUT2D eigenvalue weighted by molar-refractivity contribution is 6.03. The predicted molar refractivity (Wildman–Crippen MR) is 88.2 cm³/mol. The molecule has 0 unspecified atom stereocenters. The molecule has 0 fully saturated rings. The van der Waals surface area contributed by atoms with Gasteiger partial charge >= 0.3 is 6.03 Å². The van der Waals surface area contributed by atoms with Crippen LogP contribution in [0.3, 0.4) is 0 Å². The summed E-state index contributed by atoms with van der Waals surface area (Å²) in [5, 5.41) is 4.61. The zero-order chi connectivity index (χ0) is 17.3. The lowest BCUT2D eigenvalue weighted by Crippen LogP contribution is -2.48. The molecule has 0 aromatic heterocycles. The Balaban J connectivity index is 4.61. The quantitative estimate of drug-likeness (QED) is 0.720. The fourth-order valence-electron chi connectivity index (χ4n) is 2.70. The van der Waals surface area contributed by atoms with Crippen molar-refractivity contribution in [2.75, 3.05) is 0 Å². The maximum Gasteiger partial charge on any atom is 0.328 e. The van der Waals surface area contributed by atoms with E-state index in [9.17, 15) is 14.4 Å². The first kappa shape index (κ1) is 20.6. The van der Waals surface area contributed by atoms with Crippen molar-refractivity contribution in [1.29, 1.82) is 0 Å². The molecule has 5 heteroatoms. The summed E-state index contributed by atoms with van der Waals surface area (Å²) >= 11 is 0. The molecule has 128 valence electrons. The van der Waals surface area contributed by atoms with Gasteiger partial charge in [0.1, 0.15) is 0 Å². The molecular weight excluding hydrogens is 280 g/mol. The van der Waals surface area contributed by atoms with E-state index in [-0.39, 0.29) is 35.5 Å². The smallest absolute Gasteiger partial charge is 0.278 e. The monoisotopic (exact) mass is 312 g/mol. The summed E-state index contributed by atoms with van der Waals surface area (Å²) in [6, 6.07) is -0.710. The average molecular weight is 312 g/mol. The summed E-state index contributed by atoms with van der Waals surface area (Å²) in [6.45, 7) is 11.9. The summed E-state index contributed by atoms with van der Waals surface area (Å²) < 4.78 is 0. The molecule has 2 N–H and O–H groups in total. The van der Waals surface area contributed by atoms with Crippen LogP contribution < -0.4 is 10.6 Å². The van der Waals surface area contributed by atoms with Crippen LogP contribution in [0.5, 0.6) is 0 Å². The van der Waals surface area contributed by atoms with Crippen molar-refractivity contribution in [3.8, 4) is 0 Å². The number of carbonyl (C=O) groups excluding carboxylic acids is 3. The van der Waals surface area contributed by atoms with Gasteiger partial charge in [-0.25, -0.2) is 4.79 Å². The van der Waals surface area contributed by atoms with Crippen LogP contribution in [0.1, 0.15) is 67.2 Å². The second-order valence-electron chi connectivity index (χ2n) is 6.11. The van der Waals surface area contributed by atoms with Crippen LogP contribution in [0.25, 0.3) is 0 Å². The third-order valence-corrected chi connectivity index (χ3v) is 4.69. The van der Waals surface area contributed by atoms with E-state index in [1.165, 1.54) is 0 Å². The highest BCUT2D eigenvalue weighted by atomic mass is 16.2. The number of urea groups is 1. The topological polar surface area (TPSA) is 75.3 Å². The SMILES string of the molecule is CC[C@@H](C)[C@@H](CC)C(=O)NC(=O)NC(=O)[C@@H](CC)[C@@H](C)CC. The summed E-state index contributed by atoms with van der Waals surface area (Å²) in [6.07, 6.45) is 3.09. The molecule has 0 aliphatic heterocycles. The van der Waals surface area contributed by atoms with Crippen molar-refractivity contribution in [1.82, 2.24) is 10.6 Å². The second-order valence-corrected chi connectivity index (χ2v) is 6.11. The Labute approximate surface area is 134 Å². The first-order chi connectivity index (χ1) is 10.3. The molecule has 0 rings (SSSR count). The molecule has 5 nitrogen and oxygen atoms in total. The third-order valence-electron chi connectivity index (χ3n) is 4.69. The van der Waals surface area contributed by atoms with Crippen LogP contribution in [-0.2, 0) is 9.59 Å². The van der Waals surface area contributed by atoms with Gasteiger partial charge in [0.25, 0.3) is 0 Å². The maximum atomic E-state index is 12.1. The van der Waals surface area contributed by atoms with Crippen LogP contribution in [0.4, 0.5) is 4.79 Å². The number of nitrogens with one attached hydrogen (secondary N) is 2. The van der Waals surface area contributed by atoms with Gasteiger partial charge in [0.2, 0.25) is 11.8 Å². The Bertz CT molecular complexity index is 348. The van der Waals surface area contributed by atoms with Crippen molar-refractivity contribution in [2.24, 2.45) is 23.7 Å².